The second-order valence-corrected chi connectivity index (χ2v) is 9.02. The first kappa shape index (κ1) is 17.7. The van der Waals surface area contributed by atoms with Crippen LogP contribution in [-0.2, 0) is 4.79 Å². The summed E-state index contributed by atoms with van der Waals surface area (Å²) in [6, 6.07) is 3.52. The third-order valence-electron chi connectivity index (χ3n) is 4.69. The third-order valence-corrected chi connectivity index (χ3v) is 6.87. The lowest BCUT2D eigenvalue weighted by Gasteiger charge is -2.27. The zero-order valence-electron chi connectivity index (χ0n) is 13.8. The molecule has 1 aromatic heterocycles. The number of thioether (sulfide) groups is 1. The lowest BCUT2D eigenvalue weighted by atomic mass is 9.85. The molecule has 0 aromatic carbocycles. The smallest absolute Gasteiger partial charge is 0.264 e. The molecule has 2 atom stereocenters. The number of carbonyl (C=O) groups excluding carboxylic acids is 2. The quantitative estimate of drug-likeness (QED) is 0.782. The van der Waals surface area contributed by atoms with E-state index in [1.54, 1.807) is 16.7 Å². The van der Waals surface area contributed by atoms with Crippen LogP contribution >= 0.6 is 23.1 Å². The first-order valence-electron chi connectivity index (χ1n) is 8.54. The summed E-state index contributed by atoms with van der Waals surface area (Å²) in [5.74, 6) is 1.00. The average Bonchev–Trinajstić information content (AvgIpc) is 3.10. The molecular formula is C17H23FN2O2S2. The maximum Gasteiger partial charge on any atom is 0.264 e. The molecule has 7 heteroatoms. The van der Waals surface area contributed by atoms with E-state index in [9.17, 15) is 14.0 Å². The van der Waals surface area contributed by atoms with Gasteiger partial charge < -0.3 is 10.2 Å². The molecule has 0 spiro atoms. The predicted octanol–water partition coefficient (Wildman–Crippen LogP) is 3.33. The summed E-state index contributed by atoms with van der Waals surface area (Å²) in [7, 11) is 0. The Labute approximate surface area is 150 Å². The molecule has 132 valence electrons. The SMILES string of the molecule is CCSc1ccc(C(=O)N2C[C@@H](F)C[C@H]2CNC(=O)C2CCC2)s1. The van der Waals surface area contributed by atoms with Gasteiger partial charge in [-0.05, 0) is 30.7 Å². The van der Waals surface area contributed by atoms with E-state index >= 15 is 0 Å². The number of hydrogen-bond acceptors (Lipinski definition) is 4. The summed E-state index contributed by atoms with van der Waals surface area (Å²) in [4.78, 5) is 26.9. The minimum Gasteiger partial charge on any atom is -0.354 e. The molecule has 2 aliphatic rings. The van der Waals surface area contributed by atoms with Gasteiger partial charge in [0.2, 0.25) is 5.91 Å². The second-order valence-electron chi connectivity index (χ2n) is 6.37. The van der Waals surface area contributed by atoms with Crippen molar-refractivity contribution in [2.45, 2.75) is 49.0 Å². The number of thiophene rings is 1. The highest BCUT2D eigenvalue weighted by Gasteiger charge is 2.37. The van der Waals surface area contributed by atoms with Gasteiger partial charge in [0.25, 0.3) is 5.91 Å². The Hall–Kier alpha value is -1.08. The van der Waals surface area contributed by atoms with Crippen molar-refractivity contribution in [3.8, 4) is 0 Å². The Balaban J connectivity index is 1.60. The Kier molecular flexibility index (Phi) is 5.81. The maximum absolute atomic E-state index is 13.9. The van der Waals surface area contributed by atoms with E-state index in [4.69, 9.17) is 0 Å². The number of amides is 2. The van der Waals surface area contributed by atoms with Gasteiger partial charge in [0.1, 0.15) is 6.17 Å². The van der Waals surface area contributed by atoms with Crippen molar-refractivity contribution in [3.05, 3.63) is 17.0 Å². The van der Waals surface area contributed by atoms with Crippen LogP contribution in [0, 0.1) is 5.92 Å². The van der Waals surface area contributed by atoms with Gasteiger partial charge in [0.05, 0.1) is 21.7 Å². The standard InChI is InChI=1S/C17H23FN2O2S2/c1-2-23-15-7-6-14(24-15)17(22)20-10-12(18)8-13(20)9-19-16(21)11-4-3-5-11/h6-7,11-13H,2-5,8-10H2,1H3,(H,19,21)/t12-,13-/m0/s1. The highest BCUT2D eigenvalue weighted by Crippen LogP contribution is 2.30. The first-order valence-corrected chi connectivity index (χ1v) is 10.3. The van der Waals surface area contributed by atoms with Crippen LogP contribution in [0.15, 0.2) is 16.3 Å². The van der Waals surface area contributed by atoms with Crippen LogP contribution in [-0.4, -0.2) is 47.8 Å². The van der Waals surface area contributed by atoms with Crippen LogP contribution in [0.25, 0.3) is 0 Å². The molecule has 1 saturated heterocycles. The number of hydrogen-bond donors (Lipinski definition) is 1. The molecule has 24 heavy (non-hydrogen) atoms. The van der Waals surface area contributed by atoms with Gasteiger partial charge in [-0.1, -0.05) is 13.3 Å². The molecule has 0 bridgehead atoms. The summed E-state index contributed by atoms with van der Waals surface area (Å²) in [5, 5.41) is 2.91. The van der Waals surface area contributed by atoms with E-state index < -0.39 is 6.17 Å². The maximum atomic E-state index is 13.9. The number of nitrogens with one attached hydrogen (secondary N) is 1. The highest BCUT2D eigenvalue weighted by molar-refractivity contribution is 8.01. The monoisotopic (exact) mass is 370 g/mol. The Morgan fingerprint density at radius 1 is 1.42 bits per heavy atom. The van der Waals surface area contributed by atoms with Crippen LogP contribution in [0.1, 0.15) is 42.3 Å². The number of nitrogens with zero attached hydrogens (tertiary/aromatic N) is 1. The molecule has 1 aliphatic heterocycles. The molecular weight excluding hydrogens is 347 g/mol. The van der Waals surface area contributed by atoms with Gasteiger partial charge in [-0.3, -0.25) is 9.59 Å². The van der Waals surface area contributed by atoms with Crippen molar-refractivity contribution < 1.29 is 14.0 Å². The van der Waals surface area contributed by atoms with E-state index in [2.05, 4.69) is 12.2 Å². The summed E-state index contributed by atoms with van der Waals surface area (Å²) in [5.41, 5.74) is 0. The van der Waals surface area contributed by atoms with E-state index in [-0.39, 0.29) is 30.3 Å². The van der Waals surface area contributed by atoms with Crippen LogP contribution in [0.4, 0.5) is 4.39 Å². The van der Waals surface area contributed by atoms with Gasteiger partial charge >= 0.3 is 0 Å². The van der Waals surface area contributed by atoms with Crippen molar-refractivity contribution in [1.29, 1.82) is 0 Å². The molecule has 1 saturated carbocycles. The van der Waals surface area contributed by atoms with Crippen LogP contribution in [0.2, 0.25) is 0 Å². The summed E-state index contributed by atoms with van der Waals surface area (Å²) in [6.07, 6.45) is 2.29. The van der Waals surface area contributed by atoms with Crippen molar-refractivity contribution in [2.75, 3.05) is 18.8 Å². The number of likely N-dealkylation sites (tertiary alicyclic amines) is 1. The Morgan fingerprint density at radius 3 is 2.88 bits per heavy atom. The topological polar surface area (TPSA) is 49.4 Å². The van der Waals surface area contributed by atoms with Crippen molar-refractivity contribution in [2.24, 2.45) is 5.92 Å². The van der Waals surface area contributed by atoms with Gasteiger partial charge in [-0.25, -0.2) is 4.39 Å². The van der Waals surface area contributed by atoms with Crippen molar-refractivity contribution >= 4 is 34.9 Å². The Bertz CT molecular complexity index is 603. The zero-order valence-corrected chi connectivity index (χ0v) is 15.4. The fraction of sp³-hybridized carbons (Fsp3) is 0.647. The minimum absolute atomic E-state index is 0.0497. The summed E-state index contributed by atoms with van der Waals surface area (Å²) >= 11 is 3.16. The van der Waals surface area contributed by atoms with Crippen molar-refractivity contribution in [1.82, 2.24) is 10.2 Å². The van der Waals surface area contributed by atoms with Crippen LogP contribution in [0.3, 0.4) is 0 Å². The highest BCUT2D eigenvalue weighted by atomic mass is 32.2. The average molecular weight is 371 g/mol. The molecule has 1 aromatic rings. The molecule has 2 fully saturated rings. The summed E-state index contributed by atoms with van der Waals surface area (Å²) in [6.45, 7) is 2.54. The number of rotatable bonds is 6. The van der Waals surface area contributed by atoms with Gasteiger partial charge in [0.15, 0.2) is 0 Å². The Morgan fingerprint density at radius 2 is 2.21 bits per heavy atom. The fourth-order valence-corrected chi connectivity index (χ4v) is 5.13. The van der Waals surface area contributed by atoms with Crippen LogP contribution in [0.5, 0.6) is 0 Å². The van der Waals surface area contributed by atoms with Crippen molar-refractivity contribution in [3.63, 3.8) is 0 Å². The number of carbonyl (C=O) groups is 2. The molecule has 0 unspecified atom stereocenters. The lowest BCUT2D eigenvalue weighted by Crippen LogP contribution is -2.45. The van der Waals surface area contributed by atoms with E-state index in [0.717, 1.165) is 29.2 Å². The lowest BCUT2D eigenvalue weighted by molar-refractivity contribution is -0.127. The minimum atomic E-state index is -1.01. The normalized spacial score (nSPS) is 24.0. The molecule has 1 N–H and O–H groups in total. The third kappa shape index (κ3) is 3.94. The molecule has 0 radical (unpaired) electrons. The molecule has 4 nitrogen and oxygen atoms in total. The summed E-state index contributed by atoms with van der Waals surface area (Å²) < 4.78 is 15.0. The van der Waals surface area contributed by atoms with E-state index in [1.165, 1.54) is 11.3 Å². The zero-order chi connectivity index (χ0) is 17.1. The largest absolute Gasteiger partial charge is 0.354 e. The molecule has 1 aliphatic carbocycles. The van der Waals surface area contributed by atoms with Gasteiger partial charge in [-0.15, -0.1) is 23.1 Å². The fourth-order valence-electron chi connectivity index (χ4n) is 3.13. The predicted molar refractivity (Wildman–Crippen MR) is 95.4 cm³/mol. The van der Waals surface area contributed by atoms with Gasteiger partial charge in [-0.2, -0.15) is 0 Å². The number of alkyl halides is 1. The first-order chi connectivity index (χ1) is 11.6. The van der Waals surface area contributed by atoms with Crippen LogP contribution < -0.4 is 5.32 Å². The van der Waals surface area contributed by atoms with Gasteiger partial charge in [0, 0.05) is 18.9 Å². The molecule has 3 rings (SSSR count). The second kappa shape index (κ2) is 7.87. The van der Waals surface area contributed by atoms with E-state index in [1.807, 2.05) is 12.1 Å². The molecule has 2 heterocycles. The van der Waals surface area contributed by atoms with E-state index in [0.29, 0.717) is 17.8 Å². The number of halogens is 1. The molecule has 2 amide bonds.